The highest BCUT2D eigenvalue weighted by Crippen LogP contribution is 2.16. The molecule has 3 N–H and O–H groups in total. The Morgan fingerprint density at radius 3 is 2.88 bits per heavy atom. The van der Waals surface area contributed by atoms with Crippen molar-refractivity contribution in [2.24, 2.45) is 5.73 Å². The van der Waals surface area contributed by atoms with E-state index in [2.05, 4.69) is 5.32 Å². The Kier molecular flexibility index (Phi) is 5.29. The fourth-order valence-corrected chi connectivity index (χ4v) is 1.57. The lowest BCUT2D eigenvalue weighted by atomic mass is 10.1. The fraction of sp³-hybridized carbons (Fsp3) is 0.417. The highest BCUT2D eigenvalue weighted by molar-refractivity contribution is 6.31. The smallest absolute Gasteiger partial charge is 0.217 e. The number of benzene rings is 1. The van der Waals surface area contributed by atoms with Gasteiger partial charge in [-0.15, -0.1) is 0 Å². The number of carbonyl (C=O) groups is 1. The van der Waals surface area contributed by atoms with Crippen molar-refractivity contribution < 1.29 is 4.79 Å². The molecule has 16 heavy (non-hydrogen) atoms. The van der Waals surface area contributed by atoms with Crippen LogP contribution in [-0.2, 0) is 11.3 Å². The molecule has 3 nitrogen and oxygen atoms in total. The van der Waals surface area contributed by atoms with Crippen LogP contribution in [0, 0.1) is 6.92 Å². The van der Waals surface area contributed by atoms with E-state index in [1.165, 1.54) is 0 Å². The molecule has 1 amide bonds. The van der Waals surface area contributed by atoms with Crippen LogP contribution in [-0.4, -0.2) is 12.5 Å². The van der Waals surface area contributed by atoms with Gasteiger partial charge < -0.3 is 11.1 Å². The lowest BCUT2D eigenvalue weighted by molar-refractivity contribution is -0.118. The van der Waals surface area contributed by atoms with E-state index in [0.717, 1.165) is 35.7 Å². The summed E-state index contributed by atoms with van der Waals surface area (Å²) in [7, 11) is 0. The molecule has 0 heterocycles. The maximum Gasteiger partial charge on any atom is 0.217 e. The summed E-state index contributed by atoms with van der Waals surface area (Å²) in [5, 5.41) is 4.03. The molecule has 88 valence electrons. The Bertz CT molecular complexity index is 366. The molecule has 1 rings (SSSR count). The van der Waals surface area contributed by atoms with Gasteiger partial charge in [0.2, 0.25) is 5.91 Å². The predicted molar refractivity (Wildman–Crippen MR) is 66.3 cm³/mol. The summed E-state index contributed by atoms with van der Waals surface area (Å²) in [4.78, 5) is 10.5. The average Bonchev–Trinajstić information content (AvgIpc) is 2.22. The van der Waals surface area contributed by atoms with Gasteiger partial charge >= 0.3 is 0 Å². The number of halogens is 1. The number of carbonyl (C=O) groups excluding carboxylic acids is 1. The van der Waals surface area contributed by atoms with E-state index >= 15 is 0 Å². The molecule has 0 radical (unpaired) electrons. The first-order valence-corrected chi connectivity index (χ1v) is 5.71. The van der Waals surface area contributed by atoms with Crippen LogP contribution < -0.4 is 11.1 Å². The Morgan fingerprint density at radius 1 is 1.50 bits per heavy atom. The van der Waals surface area contributed by atoms with Crippen molar-refractivity contribution >= 4 is 17.5 Å². The SMILES string of the molecule is Cc1ccc(CNCCCC(N)=O)cc1Cl. The van der Waals surface area contributed by atoms with Gasteiger partial charge in [0.05, 0.1) is 0 Å². The first-order chi connectivity index (χ1) is 7.59. The van der Waals surface area contributed by atoms with E-state index in [0.29, 0.717) is 6.42 Å². The van der Waals surface area contributed by atoms with Crippen molar-refractivity contribution in [3.63, 3.8) is 0 Å². The Labute approximate surface area is 101 Å². The zero-order valence-corrected chi connectivity index (χ0v) is 10.2. The highest BCUT2D eigenvalue weighted by atomic mass is 35.5. The van der Waals surface area contributed by atoms with Crippen molar-refractivity contribution in [3.05, 3.63) is 34.3 Å². The van der Waals surface area contributed by atoms with Crippen LogP contribution in [0.15, 0.2) is 18.2 Å². The van der Waals surface area contributed by atoms with Gasteiger partial charge in [0.15, 0.2) is 0 Å². The molecule has 0 aliphatic heterocycles. The maximum atomic E-state index is 10.5. The molecule has 0 unspecified atom stereocenters. The summed E-state index contributed by atoms with van der Waals surface area (Å²) in [5.74, 6) is -0.250. The van der Waals surface area contributed by atoms with Gasteiger partial charge in [0, 0.05) is 18.0 Å². The number of aryl methyl sites for hydroxylation is 1. The molecule has 0 spiro atoms. The van der Waals surface area contributed by atoms with Crippen molar-refractivity contribution in [2.45, 2.75) is 26.3 Å². The molecule has 1 aromatic rings. The van der Waals surface area contributed by atoms with Gasteiger partial charge in [-0.05, 0) is 37.1 Å². The van der Waals surface area contributed by atoms with Crippen LogP contribution in [0.2, 0.25) is 5.02 Å². The number of hydrogen-bond donors (Lipinski definition) is 2. The van der Waals surface area contributed by atoms with Gasteiger partial charge in [-0.3, -0.25) is 4.79 Å². The average molecular weight is 241 g/mol. The molecule has 0 aliphatic rings. The predicted octanol–water partition coefficient (Wildman–Crippen LogP) is 2.00. The van der Waals surface area contributed by atoms with E-state index in [1.54, 1.807) is 0 Å². The van der Waals surface area contributed by atoms with Gasteiger partial charge in [-0.1, -0.05) is 23.7 Å². The van der Waals surface area contributed by atoms with E-state index in [1.807, 2.05) is 25.1 Å². The summed E-state index contributed by atoms with van der Waals surface area (Å²) in [6, 6.07) is 6.00. The fourth-order valence-electron chi connectivity index (χ4n) is 1.37. The first-order valence-electron chi connectivity index (χ1n) is 5.33. The molecule has 1 aromatic carbocycles. The van der Waals surface area contributed by atoms with Crippen LogP contribution in [0.5, 0.6) is 0 Å². The number of amides is 1. The minimum atomic E-state index is -0.250. The second-order valence-electron chi connectivity index (χ2n) is 3.83. The summed E-state index contributed by atoms with van der Waals surface area (Å²) in [6.45, 7) is 3.53. The minimum Gasteiger partial charge on any atom is -0.370 e. The normalized spacial score (nSPS) is 10.4. The molecule has 0 aromatic heterocycles. The Hall–Kier alpha value is -1.06. The molecule has 0 fully saturated rings. The number of primary amides is 1. The van der Waals surface area contributed by atoms with Crippen LogP contribution in [0.3, 0.4) is 0 Å². The number of rotatable bonds is 6. The molecule has 4 heteroatoms. The van der Waals surface area contributed by atoms with E-state index in [-0.39, 0.29) is 5.91 Å². The highest BCUT2D eigenvalue weighted by Gasteiger charge is 1.98. The second-order valence-corrected chi connectivity index (χ2v) is 4.24. The first kappa shape index (κ1) is 13.0. The molecule has 0 bridgehead atoms. The summed E-state index contributed by atoms with van der Waals surface area (Å²) >= 11 is 6.01. The number of nitrogens with one attached hydrogen (secondary N) is 1. The Morgan fingerprint density at radius 2 is 2.25 bits per heavy atom. The second kappa shape index (κ2) is 6.51. The summed E-state index contributed by atoms with van der Waals surface area (Å²) in [5.41, 5.74) is 7.27. The van der Waals surface area contributed by atoms with Crippen molar-refractivity contribution in [1.29, 1.82) is 0 Å². The van der Waals surface area contributed by atoms with Gasteiger partial charge in [-0.25, -0.2) is 0 Å². The van der Waals surface area contributed by atoms with E-state index < -0.39 is 0 Å². The van der Waals surface area contributed by atoms with Crippen LogP contribution in [0.1, 0.15) is 24.0 Å². The Balaban J connectivity index is 2.27. The number of hydrogen-bond acceptors (Lipinski definition) is 2. The van der Waals surface area contributed by atoms with Crippen molar-refractivity contribution in [1.82, 2.24) is 5.32 Å². The van der Waals surface area contributed by atoms with Gasteiger partial charge in [0.25, 0.3) is 0 Å². The third-order valence-corrected chi connectivity index (χ3v) is 2.75. The zero-order valence-electron chi connectivity index (χ0n) is 9.42. The van der Waals surface area contributed by atoms with Gasteiger partial charge in [0.1, 0.15) is 0 Å². The van der Waals surface area contributed by atoms with Crippen LogP contribution >= 0.6 is 11.6 Å². The molecular weight excluding hydrogens is 224 g/mol. The molecular formula is C12H17ClN2O. The summed E-state index contributed by atoms with van der Waals surface area (Å²) < 4.78 is 0. The lowest BCUT2D eigenvalue weighted by Gasteiger charge is -2.05. The number of nitrogens with two attached hydrogens (primary N) is 1. The molecule has 0 aliphatic carbocycles. The molecule has 0 saturated carbocycles. The van der Waals surface area contributed by atoms with E-state index in [4.69, 9.17) is 17.3 Å². The van der Waals surface area contributed by atoms with Crippen LogP contribution in [0.4, 0.5) is 0 Å². The van der Waals surface area contributed by atoms with Gasteiger partial charge in [-0.2, -0.15) is 0 Å². The largest absolute Gasteiger partial charge is 0.370 e. The topological polar surface area (TPSA) is 55.1 Å². The van der Waals surface area contributed by atoms with E-state index in [9.17, 15) is 4.79 Å². The zero-order chi connectivity index (χ0) is 12.0. The minimum absolute atomic E-state index is 0.250. The third kappa shape index (κ3) is 4.64. The monoisotopic (exact) mass is 240 g/mol. The third-order valence-electron chi connectivity index (χ3n) is 2.34. The standard InChI is InChI=1S/C12H17ClN2O/c1-9-4-5-10(7-11(9)13)8-15-6-2-3-12(14)16/h4-5,7,15H,2-3,6,8H2,1H3,(H2,14,16). The summed E-state index contributed by atoms with van der Waals surface area (Å²) in [6.07, 6.45) is 1.20. The van der Waals surface area contributed by atoms with Crippen molar-refractivity contribution in [3.8, 4) is 0 Å². The maximum absolute atomic E-state index is 10.5. The van der Waals surface area contributed by atoms with Crippen LogP contribution in [0.25, 0.3) is 0 Å². The van der Waals surface area contributed by atoms with Crippen molar-refractivity contribution in [2.75, 3.05) is 6.54 Å². The molecule has 0 atom stereocenters. The quantitative estimate of drug-likeness (QED) is 0.748. The molecule has 0 saturated heterocycles. The lowest BCUT2D eigenvalue weighted by Crippen LogP contribution is -2.18.